The molecule has 0 aromatic carbocycles. The van der Waals surface area contributed by atoms with Crippen LogP contribution < -0.4 is 29.6 Å². The van der Waals surface area contributed by atoms with Gasteiger partial charge in [-0.15, -0.1) is 0 Å². The van der Waals surface area contributed by atoms with Crippen molar-refractivity contribution < 1.29 is 67.0 Å². The molecule has 0 rings (SSSR count). The van der Waals surface area contributed by atoms with Crippen molar-refractivity contribution in [2.24, 2.45) is 0 Å². The summed E-state index contributed by atoms with van der Waals surface area (Å²) in [7, 11) is 0. The molecule has 64 valence electrons. The molecular formula is C5H7AuNaO3S-. The van der Waals surface area contributed by atoms with Gasteiger partial charge in [0.1, 0.15) is 5.78 Å². The Morgan fingerprint density at radius 1 is 1.64 bits per heavy atom. The molecule has 11 heavy (non-hydrogen) atoms. The van der Waals surface area contributed by atoms with E-state index < -0.39 is 5.25 Å². The molecular weight excluding hydrogens is 360 g/mol. The van der Waals surface area contributed by atoms with Gasteiger partial charge in [0.25, 0.3) is 0 Å². The Morgan fingerprint density at radius 3 is 2.09 bits per heavy atom. The van der Waals surface area contributed by atoms with Crippen LogP contribution in [-0.4, -0.2) is 22.8 Å². The van der Waals surface area contributed by atoms with E-state index in [1.54, 1.807) is 6.29 Å². The number of rotatable bonds is 3. The van der Waals surface area contributed by atoms with Crippen molar-refractivity contribution in [1.82, 2.24) is 0 Å². The molecule has 0 bridgehead atoms. The number of carbonyl (C=O) groups excluding carboxylic acids is 2. The zero-order valence-corrected chi connectivity index (χ0v) is 11.2. The quantitative estimate of drug-likeness (QED) is 0.300. The van der Waals surface area contributed by atoms with Crippen molar-refractivity contribution >= 4 is 24.7 Å². The van der Waals surface area contributed by atoms with Gasteiger partial charge in [0.2, 0.25) is 0 Å². The topological polar surface area (TPSA) is 64.1 Å². The summed E-state index contributed by atoms with van der Waals surface area (Å²) in [6.07, 6.45) is 1.68. The standard InChI is InChI=1S/C5H7O2S.Au.Na.H2O/c1-4(7)2-5(8)3-6;;;/h5,8H,2H2,1H3;;;1H2/q-1;2*+1;/p-2. The minimum atomic E-state index is -0.646. The maximum absolute atomic E-state index is 10.2. The zero-order valence-electron chi connectivity index (χ0n) is 6.26. The first-order valence-electron chi connectivity index (χ1n) is 2.19. The van der Waals surface area contributed by atoms with Gasteiger partial charge in [-0.25, -0.2) is 0 Å². The van der Waals surface area contributed by atoms with Crippen molar-refractivity contribution in [3.05, 3.63) is 0 Å². The van der Waals surface area contributed by atoms with Crippen molar-refractivity contribution in [2.75, 3.05) is 0 Å². The van der Waals surface area contributed by atoms with E-state index in [2.05, 4.69) is 12.6 Å². The Morgan fingerprint density at radius 2 is 2.00 bits per heavy atom. The Labute approximate surface area is 109 Å². The molecule has 3 nitrogen and oxygen atoms in total. The van der Waals surface area contributed by atoms with Crippen molar-refractivity contribution in [3.63, 3.8) is 0 Å². The van der Waals surface area contributed by atoms with Crippen LogP contribution in [0.3, 0.4) is 0 Å². The summed E-state index contributed by atoms with van der Waals surface area (Å²) in [6.45, 7) is 1.40. The fraction of sp³-hybridized carbons (Fsp3) is 0.600. The number of hydrogen-bond donors (Lipinski definition) is 0. The summed E-state index contributed by atoms with van der Waals surface area (Å²) >= 11 is 4.47. The summed E-state index contributed by atoms with van der Waals surface area (Å²) < 4.78 is 0. The second-order valence-electron chi connectivity index (χ2n) is 1.51. The molecule has 0 saturated carbocycles. The van der Waals surface area contributed by atoms with Crippen molar-refractivity contribution in [2.45, 2.75) is 18.6 Å². The van der Waals surface area contributed by atoms with Crippen LogP contribution in [0, 0.1) is 0 Å². The van der Waals surface area contributed by atoms with Crippen molar-refractivity contribution in [3.8, 4) is 0 Å². The van der Waals surface area contributed by atoms with Crippen LogP contribution in [0.5, 0.6) is 0 Å². The third-order valence-electron chi connectivity index (χ3n) is 0.604. The summed E-state index contributed by atoms with van der Waals surface area (Å²) in [5.41, 5.74) is 0. The molecule has 0 spiro atoms. The largest absolute Gasteiger partial charge is 1.00 e. The molecule has 0 aliphatic heterocycles. The van der Waals surface area contributed by atoms with Gasteiger partial charge < -0.3 is 27.7 Å². The van der Waals surface area contributed by atoms with Crippen LogP contribution in [-0.2, 0) is 44.6 Å². The molecule has 0 aromatic heterocycles. The van der Waals surface area contributed by atoms with Crippen molar-refractivity contribution in [1.29, 1.82) is 0 Å². The Bertz CT molecular complexity index is 112. The van der Waals surface area contributed by atoms with Crippen LogP contribution in [0.1, 0.15) is 13.3 Å². The van der Waals surface area contributed by atoms with E-state index in [0.717, 1.165) is 0 Å². The third kappa shape index (κ3) is 18.4. The predicted molar refractivity (Wildman–Crippen MR) is 34.1 cm³/mol. The van der Waals surface area contributed by atoms with Gasteiger partial charge in [0, 0.05) is 0 Å². The molecule has 1 atom stereocenters. The Balaban J connectivity index is -0.0000000817. The second-order valence-corrected chi connectivity index (χ2v) is 2.08. The van der Waals surface area contributed by atoms with E-state index in [1.807, 2.05) is 0 Å². The normalized spacial score (nSPS) is 9.27. The smallest absolute Gasteiger partial charge is 0.870 e. The van der Waals surface area contributed by atoms with E-state index >= 15 is 0 Å². The minimum Gasteiger partial charge on any atom is -0.870 e. The Kier molecular flexibility index (Phi) is 28.9. The monoisotopic (exact) mass is 367 g/mol. The van der Waals surface area contributed by atoms with E-state index in [1.165, 1.54) is 6.92 Å². The number of carbonyl (C=O) groups is 1. The molecule has 0 saturated heterocycles. The maximum atomic E-state index is 10.2. The molecule has 6 heteroatoms. The van der Waals surface area contributed by atoms with Crippen LogP contribution in [0.4, 0.5) is 0 Å². The SMILES string of the molecule is CC(=O)CC([S-])[C-]=O.[Au+].[Na+].[OH-]. The minimum absolute atomic E-state index is 0. The first-order valence-corrected chi connectivity index (χ1v) is 2.67. The average Bonchev–Trinajstić information content (AvgIpc) is 1.65. The first-order chi connectivity index (χ1) is 3.66. The Hall–Kier alpha value is 1.39. The fourth-order valence-corrected chi connectivity index (χ4v) is 0.537. The average molecular weight is 367 g/mol. The third-order valence-corrected chi connectivity index (χ3v) is 0.867. The van der Waals surface area contributed by atoms with Gasteiger partial charge in [-0.2, -0.15) is 0 Å². The van der Waals surface area contributed by atoms with Gasteiger partial charge in [0.05, 0.1) is 0 Å². The van der Waals surface area contributed by atoms with E-state index in [4.69, 9.17) is 0 Å². The molecule has 0 aliphatic rings. The summed E-state index contributed by atoms with van der Waals surface area (Å²) in [6, 6.07) is 0. The van der Waals surface area contributed by atoms with Gasteiger partial charge in [-0.1, -0.05) is 0 Å². The second kappa shape index (κ2) is 13.9. The van der Waals surface area contributed by atoms with E-state index in [0.29, 0.717) is 0 Å². The molecule has 1 N–H and O–H groups in total. The number of hydrogen-bond acceptors (Lipinski definition) is 4. The van der Waals surface area contributed by atoms with E-state index in [-0.39, 0.29) is 69.6 Å². The molecule has 0 aromatic rings. The van der Waals surface area contributed by atoms with E-state index in [9.17, 15) is 9.59 Å². The van der Waals surface area contributed by atoms with Crippen LogP contribution in [0.15, 0.2) is 0 Å². The fourth-order valence-electron chi connectivity index (χ4n) is 0.303. The number of ketones is 1. The van der Waals surface area contributed by atoms with Gasteiger partial charge in [0.15, 0.2) is 0 Å². The van der Waals surface area contributed by atoms with Crippen LogP contribution >= 0.6 is 0 Å². The molecule has 0 heterocycles. The summed E-state index contributed by atoms with van der Waals surface area (Å²) in [4.78, 5) is 19.8. The van der Waals surface area contributed by atoms with Crippen LogP contribution in [0.2, 0.25) is 0 Å². The maximum Gasteiger partial charge on any atom is 1.00 e. The molecule has 1 unspecified atom stereocenters. The molecule has 0 aliphatic carbocycles. The van der Waals surface area contributed by atoms with Gasteiger partial charge >= 0.3 is 51.9 Å². The predicted octanol–water partition coefficient (Wildman–Crippen LogP) is -3.18. The summed E-state index contributed by atoms with van der Waals surface area (Å²) in [5.74, 6) is -0.0617. The van der Waals surface area contributed by atoms with Crippen LogP contribution in [0.25, 0.3) is 0 Å². The summed E-state index contributed by atoms with van der Waals surface area (Å²) in [5, 5.41) is -0.646. The van der Waals surface area contributed by atoms with Gasteiger partial charge in [-0.3, -0.25) is 11.5 Å². The molecule has 0 fully saturated rings. The molecule has 0 amide bonds. The number of Topliss-reactive ketones (excluding diaryl/α,β-unsaturated/α-hetero) is 1. The van der Waals surface area contributed by atoms with Gasteiger partial charge in [-0.05, 0) is 13.3 Å². The first kappa shape index (κ1) is 22.8. The molecule has 0 radical (unpaired) electrons. The zero-order chi connectivity index (χ0) is 6.57.